The molecule has 7 heteroatoms. The third kappa shape index (κ3) is 6.59. The Kier molecular flexibility index (Phi) is 10.9. The molecule has 0 radical (unpaired) electrons. The van der Waals surface area contributed by atoms with Crippen LogP contribution in [0.1, 0.15) is 46.5 Å². The summed E-state index contributed by atoms with van der Waals surface area (Å²) < 4.78 is 14.3. The number of nitrogens with zero attached hydrogens (tertiary/aromatic N) is 1. The number of unbranched alkanes of at least 4 members (excludes halogenated alkanes) is 3. The van der Waals surface area contributed by atoms with Gasteiger partial charge in [-0.05, 0) is 50.9 Å². The number of aryl methyl sites for hydroxylation is 1. The van der Waals surface area contributed by atoms with Crippen LogP contribution in [0.3, 0.4) is 0 Å². The first-order valence-electron chi connectivity index (χ1n) is 17.0. The fourth-order valence-electron chi connectivity index (χ4n) is 8.03. The quantitative estimate of drug-likeness (QED) is 0.0785. The topological polar surface area (TPSA) is 23.4 Å². The minimum atomic E-state index is -2.37. The molecule has 248 valence electrons. The molecule has 1 atom stereocenters. The molecule has 7 aromatic rings. The van der Waals surface area contributed by atoms with Crippen molar-refractivity contribution in [3.05, 3.63) is 91.0 Å². The van der Waals surface area contributed by atoms with Crippen LogP contribution in [0, 0.1) is 0 Å². The maximum absolute atomic E-state index is 6.05. The third-order valence-electron chi connectivity index (χ3n) is 10.0. The normalized spacial score (nSPS) is 13.2. The van der Waals surface area contributed by atoms with Gasteiger partial charge in [0.2, 0.25) is 0 Å². The van der Waals surface area contributed by atoms with E-state index in [2.05, 4.69) is 130 Å². The Morgan fingerprint density at radius 2 is 1.27 bits per heavy atom. The minimum absolute atomic E-state index is 0.0727. The maximum atomic E-state index is 6.05. The molecule has 1 unspecified atom stereocenters. The average molecular weight is 774 g/mol. The predicted octanol–water partition coefficient (Wildman–Crippen LogP) is 11.2. The summed E-state index contributed by atoms with van der Waals surface area (Å²) in [6, 6.07) is 35.2. The molecule has 0 fully saturated rings. The van der Waals surface area contributed by atoms with Crippen molar-refractivity contribution in [1.29, 1.82) is 0 Å². The van der Waals surface area contributed by atoms with E-state index in [9.17, 15) is 0 Å². The SMILES string of the molecule is COc1ccc2c(c1)c1c(c3ccccc3[c-]1[Si](C)(CCCCCCOC(C)(C)C)[c-]1c3ccccc3c3ccccc31)n2C.[Cl][Zr+2][Cl]. The van der Waals surface area contributed by atoms with Gasteiger partial charge in [-0.25, -0.2) is 0 Å². The number of benzene rings is 4. The molecule has 0 aliphatic heterocycles. The van der Waals surface area contributed by atoms with E-state index in [1.54, 1.807) is 17.5 Å². The Morgan fingerprint density at radius 3 is 1.85 bits per heavy atom. The summed E-state index contributed by atoms with van der Waals surface area (Å²) in [7, 11) is 11.5. The van der Waals surface area contributed by atoms with Crippen molar-refractivity contribution in [1.82, 2.24) is 4.57 Å². The molecule has 1 heterocycles. The van der Waals surface area contributed by atoms with E-state index in [0.29, 0.717) is 0 Å². The van der Waals surface area contributed by atoms with Gasteiger partial charge in [0.1, 0.15) is 5.75 Å². The molecule has 0 aliphatic carbocycles. The Labute approximate surface area is 304 Å². The van der Waals surface area contributed by atoms with Gasteiger partial charge in [0.25, 0.3) is 0 Å². The number of aromatic nitrogens is 1. The van der Waals surface area contributed by atoms with Crippen LogP contribution in [0.25, 0.3) is 54.1 Å². The van der Waals surface area contributed by atoms with E-state index in [1.165, 1.54) is 79.4 Å². The molecule has 0 N–H and O–H groups in total. The molecule has 0 saturated heterocycles. The molecule has 0 amide bonds. The van der Waals surface area contributed by atoms with Crippen molar-refractivity contribution in [3.8, 4) is 5.75 Å². The molecule has 6 aromatic carbocycles. The Morgan fingerprint density at radius 1 is 0.729 bits per heavy atom. The van der Waals surface area contributed by atoms with Gasteiger partial charge in [0.15, 0.2) is 0 Å². The van der Waals surface area contributed by atoms with Crippen LogP contribution in [-0.4, -0.2) is 32.0 Å². The molecule has 48 heavy (non-hydrogen) atoms. The molecular weight excluding hydrogens is 729 g/mol. The Hall–Kier alpha value is -2.40. The number of hydrogen-bond acceptors (Lipinski definition) is 2. The zero-order chi connectivity index (χ0) is 34.1. The second-order valence-corrected chi connectivity index (χ2v) is 22.0. The van der Waals surface area contributed by atoms with Gasteiger partial charge in [-0.2, -0.15) is 0 Å². The van der Waals surface area contributed by atoms with Crippen molar-refractivity contribution in [2.75, 3.05) is 13.7 Å². The van der Waals surface area contributed by atoms with Crippen molar-refractivity contribution in [2.45, 2.75) is 64.6 Å². The van der Waals surface area contributed by atoms with Gasteiger partial charge in [-0.15, -0.1) is 55.5 Å². The van der Waals surface area contributed by atoms with Gasteiger partial charge in [-0.1, -0.05) is 103 Å². The van der Waals surface area contributed by atoms with Crippen molar-refractivity contribution in [2.24, 2.45) is 7.05 Å². The second-order valence-electron chi connectivity index (χ2n) is 14.1. The van der Waals surface area contributed by atoms with E-state index in [1.807, 2.05) is 0 Å². The van der Waals surface area contributed by atoms with E-state index in [4.69, 9.17) is 26.5 Å². The zero-order valence-electron chi connectivity index (χ0n) is 28.9. The zero-order valence-corrected chi connectivity index (χ0v) is 33.9. The van der Waals surface area contributed by atoms with Gasteiger partial charge in [0, 0.05) is 27.2 Å². The molecular formula is C41H45Cl2NO2SiZr. The Balaban J connectivity index is 0.00000129. The van der Waals surface area contributed by atoms with E-state index in [0.717, 1.165) is 18.8 Å². The molecule has 0 bridgehead atoms. The monoisotopic (exact) mass is 771 g/mol. The molecule has 0 aliphatic rings. The fourth-order valence-corrected chi connectivity index (χ4v) is 13.0. The van der Waals surface area contributed by atoms with Crippen molar-refractivity contribution < 1.29 is 30.3 Å². The molecule has 3 nitrogen and oxygen atoms in total. The van der Waals surface area contributed by atoms with Crippen LogP contribution in [0.2, 0.25) is 12.6 Å². The van der Waals surface area contributed by atoms with E-state index in [-0.39, 0.29) is 5.60 Å². The van der Waals surface area contributed by atoms with Gasteiger partial charge in [0.05, 0.1) is 12.7 Å². The standard InChI is InChI=1S/C41H45NO2Si.2ClH.Zr/c1-41(2,3)44-25-15-7-8-16-26-45(6,39-32-20-12-9-17-29(32)30-18-10-13-21-33(30)39)40-34-22-14-11-19-31(34)38-37(40)35-27-28(43-5)23-24-36(35)42(38)4;;;/h9-14,17-24,27H,7-8,15-16,25-26H2,1-6H3;2*1H;/q-2;;;+4/p-2. The van der Waals surface area contributed by atoms with Gasteiger partial charge >= 0.3 is 37.9 Å². The fraction of sp³-hybridized carbons (Fsp3) is 0.317. The van der Waals surface area contributed by atoms with Gasteiger partial charge in [-0.3, -0.25) is 0 Å². The summed E-state index contributed by atoms with van der Waals surface area (Å²) in [6.45, 7) is 9.94. The first-order chi connectivity index (χ1) is 23.1. The average Bonchev–Trinajstić information content (AvgIpc) is 3.70. The number of methoxy groups -OCH3 is 1. The third-order valence-corrected chi connectivity index (χ3v) is 14.6. The second kappa shape index (κ2) is 14.8. The summed E-state index contributed by atoms with van der Waals surface area (Å²) in [6.07, 6.45) is 4.75. The van der Waals surface area contributed by atoms with Crippen LogP contribution in [0.4, 0.5) is 0 Å². The van der Waals surface area contributed by atoms with Crippen molar-refractivity contribution in [3.63, 3.8) is 0 Å². The van der Waals surface area contributed by atoms with Gasteiger partial charge < -0.3 is 14.0 Å². The van der Waals surface area contributed by atoms with Crippen LogP contribution < -0.4 is 15.1 Å². The van der Waals surface area contributed by atoms with Crippen LogP contribution >= 0.6 is 17.0 Å². The van der Waals surface area contributed by atoms with E-state index < -0.39 is 28.9 Å². The molecule has 1 aromatic heterocycles. The number of ether oxygens (including phenoxy) is 2. The molecule has 0 spiro atoms. The van der Waals surface area contributed by atoms with E-state index >= 15 is 0 Å². The first-order valence-corrected chi connectivity index (χ1v) is 26.0. The van der Waals surface area contributed by atoms with Crippen LogP contribution in [0.15, 0.2) is 91.0 Å². The molecule has 0 saturated carbocycles. The summed E-state index contributed by atoms with van der Waals surface area (Å²) >= 11 is -0.826. The van der Waals surface area contributed by atoms with Crippen LogP contribution in [-0.2, 0) is 32.6 Å². The summed E-state index contributed by atoms with van der Waals surface area (Å²) in [5.41, 5.74) is 2.54. The summed E-state index contributed by atoms with van der Waals surface area (Å²) in [5.74, 6) is 0.913. The summed E-state index contributed by atoms with van der Waals surface area (Å²) in [5, 5.41) is 14.3. The van der Waals surface area contributed by atoms with Crippen LogP contribution in [0.5, 0.6) is 5.75 Å². The molecule has 7 rings (SSSR count). The first kappa shape index (κ1) is 35.4. The number of rotatable bonds is 10. The number of fused-ring (bicyclic) bond motifs is 8. The number of hydrogen-bond donors (Lipinski definition) is 0. The van der Waals surface area contributed by atoms with Crippen molar-refractivity contribution >= 4 is 89.6 Å². The number of halogens is 2. The predicted molar refractivity (Wildman–Crippen MR) is 209 cm³/mol. The Bertz CT molecular complexity index is 2140. The summed E-state index contributed by atoms with van der Waals surface area (Å²) in [4.78, 5) is 0.